The molecule has 37 heavy (non-hydrogen) atoms. The van der Waals surface area contributed by atoms with E-state index in [-0.39, 0.29) is 6.04 Å². The first-order chi connectivity index (χ1) is 17.8. The van der Waals surface area contributed by atoms with Crippen molar-refractivity contribution >= 4 is 11.6 Å². The van der Waals surface area contributed by atoms with Gasteiger partial charge in [-0.25, -0.2) is 9.97 Å². The molecule has 0 bridgehead atoms. The van der Waals surface area contributed by atoms with Gasteiger partial charge in [-0.3, -0.25) is 9.58 Å². The minimum absolute atomic E-state index is 0.100. The maximum absolute atomic E-state index is 13.8. The Morgan fingerprint density at radius 3 is 2.43 bits per heavy atom. The Morgan fingerprint density at radius 2 is 1.78 bits per heavy atom. The number of aromatic nitrogens is 4. The Balaban J connectivity index is 1.31. The molecule has 0 spiro atoms. The van der Waals surface area contributed by atoms with Gasteiger partial charge in [0.25, 0.3) is 0 Å². The molecule has 0 saturated carbocycles. The monoisotopic (exact) mass is 522 g/mol. The van der Waals surface area contributed by atoms with Crippen LogP contribution in [0.4, 0.5) is 24.8 Å². The number of hydrogen-bond acceptors (Lipinski definition) is 8. The molecule has 1 N–H and O–H groups in total. The third kappa shape index (κ3) is 5.42. The molecule has 2 atom stereocenters. The number of nitrogens with one attached hydrogen (secondary N) is 1. The van der Waals surface area contributed by atoms with Gasteiger partial charge in [-0.2, -0.15) is 18.3 Å². The van der Waals surface area contributed by atoms with Gasteiger partial charge in [0.05, 0.1) is 19.3 Å². The summed E-state index contributed by atoms with van der Waals surface area (Å²) in [6.45, 7) is 11.2. The van der Waals surface area contributed by atoms with Crippen LogP contribution in [0.15, 0.2) is 12.3 Å². The van der Waals surface area contributed by atoms with E-state index in [2.05, 4.69) is 39.1 Å². The number of hydrogen-bond donors (Lipinski definition) is 1. The molecular weight excluding hydrogens is 485 g/mol. The van der Waals surface area contributed by atoms with Crippen molar-refractivity contribution in [3.8, 4) is 0 Å². The normalized spacial score (nSPS) is 23.9. The smallest absolute Gasteiger partial charge is 0.383 e. The van der Waals surface area contributed by atoms with Crippen molar-refractivity contribution in [2.75, 3.05) is 69.3 Å². The number of alkyl halides is 3. The summed E-state index contributed by atoms with van der Waals surface area (Å²) < 4.78 is 48.6. The molecule has 0 aliphatic carbocycles. The molecule has 3 aliphatic heterocycles. The van der Waals surface area contributed by atoms with Crippen molar-refractivity contribution in [3.63, 3.8) is 0 Å². The lowest BCUT2D eigenvalue weighted by molar-refractivity contribution is -0.144. The fourth-order valence-electron chi connectivity index (χ4n) is 5.94. The van der Waals surface area contributed by atoms with Gasteiger partial charge in [-0.05, 0) is 32.3 Å². The number of ether oxygens (including phenoxy) is 1. The van der Waals surface area contributed by atoms with Gasteiger partial charge in [-0.15, -0.1) is 0 Å². The zero-order chi connectivity index (χ0) is 26.2. The lowest BCUT2D eigenvalue weighted by Gasteiger charge is -2.53. The molecule has 0 unspecified atom stereocenters. The van der Waals surface area contributed by atoms with Crippen LogP contribution in [0, 0.1) is 6.92 Å². The topological polar surface area (TPSA) is 74.6 Å². The van der Waals surface area contributed by atoms with Gasteiger partial charge in [0.2, 0.25) is 5.82 Å². The second-order valence-corrected chi connectivity index (χ2v) is 10.3. The zero-order valence-corrected chi connectivity index (χ0v) is 21.8. The van der Waals surface area contributed by atoms with Gasteiger partial charge in [0.1, 0.15) is 11.6 Å². The highest BCUT2D eigenvalue weighted by Gasteiger charge is 2.43. The zero-order valence-electron chi connectivity index (χ0n) is 21.8. The average Bonchev–Trinajstić information content (AvgIpc) is 3.26. The summed E-state index contributed by atoms with van der Waals surface area (Å²) in [6, 6.07) is 2.17. The summed E-state index contributed by atoms with van der Waals surface area (Å²) in [5.41, 5.74) is 2.34. The van der Waals surface area contributed by atoms with Gasteiger partial charge < -0.3 is 19.9 Å². The largest absolute Gasteiger partial charge is 0.451 e. The number of methoxy groups -OCH3 is 1. The standard InChI is InChI=1S/C25H37F3N8O/c1-17-15-30-36(12-13-37-3)23(17)19-4-8-34(9-5-19)21-14-22(32-24(31-21)25(26,27)28)35-16-20(18(35)2)33-10-6-29-7-11-33/h14-15,18-20,29H,4-13,16H2,1-3H3/t18-,20-/m1/s1. The van der Waals surface area contributed by atoms with Crippen molar-refractivity contribution in [1.82, 2.24) is 30.0 Å². The highest BCUT2D eigenvalue weighted by molar-refractivity contribution is 5.54. The van der Waals surface area contributed by atoms with E-state index in [1.165, 1.54) is 5.69 Å². The lowest BCUT2D eigenvalue weighted by atomic mass is 9.91. The van der Waals surface area contributed by atoms with Crippen molar-refractivity contribution in [1.29, 1.82) is 0 Å². The number of halogens is 3. The third-order valence-corrected chi connectivity index (χ3v) is 8.09. The Labute approximate surface area is 216 Å². The fourth-order valence-corrected chi connectivity index (χ4v) is 5.94. The quantitative estimate of drug-likeness (QED) is 0.595. The van der Waals surface area contributed by atoms with E-state index in [0.717, 1.165) is 44.6 Å². The van der Waals surface area contributed by atoms with E-state index in [0.29, 0.717) is 56.4 Å². The highest BCUT2D eigenvalue weighted by Crippen LogP contribution is 2.37. The molecule has 204 valence electrons. The summed E-state index contributed by atoms with van der Waals surface area (Å²) in [6.07, 6.45) is -1.07. The number of anilines is 2. The number of nitrogens with zero attached hydrogens (tertiary/aromatic N) is 7. The second kappa shape index (κ2) is 10.7. The SMILES string of the molecule is COCCn1ncc(C)c1C1CCN(c2cc(N3C[C@@H](N4CCNCC4)[C@H]3C)nc(C(F)(F)F)n2)CC1. The van der Waals surface area contributed by atoms with Crippen molar-refractivity contribution in [3.05, 3.63) is 29.3 Å². The van der Waals surface area contributed by atoms with Gasteiger partial charge in [0, 0.05) is 82.7 Å². The van der Waals surface area contributed by atoms with Crippen LogP contribution < -0.4 is 15.1 Å². The maximum atomic E-state index is 13.8. The first-order valence-corrected chi connectivity index (χ1v) is 13.2. The molecule has 5 rings (SSSR count). The molecule has 0 aromatic carbocycles. The summed E-state index contributed by atoms with van der Waals surface area (Å²) >= 11 is 0. The van der Waals surface area contributed by atoms with E-state index < -0.39 is 12.0 Å². The number of rotatable bonds is 7. The van der Waals surface area contributed by atoms with Crippen molar-refractivity contribution < 1.29 is 17.9 Å². The Bertz CT molecular complexity index is 1060. The molecule has 3 aliphatic rings. The molecular formula is C25H37F3N8O. The van der Waals surface area contributed by atoms with Crippen LogP contribution in [0.2, 0.25) is 0 Å². The third-order valence-electron chi connectivity index (χ3n) is 8.09. The Kier molecular flexibility index (Phi) is 7.60. The van der Waals surface area contributed by atoms with Crippen LogP contribution in [0.5, 0.6) is 0 Å². The Morgan fingerprint density at radius 1 is 1.08 bits per heavy atom. The van der Waals surface area contributed by atoms with E-state index in [1.54, 1.807) is 13.2 Å². The fraction of sp³-hybridized carbons (Fsp3) is 0.720. The molecule has 3 saturated heterocycles. The van der Waals surface area contributed by atoms with Crippen LogP contribution in [0.25, 0.3) is 0 Å². The predicted octanol–water partition coefficient (Wildman–Crippen LogP) is 2.51. The maximum Gasteiger partial charge on any atom is 0.451 e. The van der Waals surface area contributed by atoms with Crippen molar-refractivity contribution in [2.45, 2.75) is 57.4 Å². The van der Waals surface area contributed by atoms with E-state index >= 15 is 0 Å². The van der Waals surface area contributed by atoms with E-state index in [1.807, 2.05) is 20.7 Å². The van der Waals surface area contributed by atoms with E-state index in [9.17, 15) is 13.2 Å². The number of piperidine rings is 1. The average molecular weight is 523 g/mol. The van der Waals surface area contributed by atoms with Crippen LogP contribution in [0.1, 0.15) is 42.8 Å². The van der Waals surface area contributed by atoms with Crippen LogP contribution >= 0.6 is 0 Å². The van der Waals surface area contributed by atoms with Gasteiger partial charge >= 0.3 is 6.18 Å². The van der Waals surface area contributed by atoms with Crippen LogP contribution in [0.3, 0.4) is 0 Å². The van der Waals surface area contributed by atoms with Gasteiger partial charge in [-0.1, -0.05) is 0 Å². The minimum atomic E-state index is -4.60. The number of aryl methyl sites for hydroxylation is 1. The molecule has 0 radical (unpaired) electrons. The first-order valence-electron chi connectivity index (χ1n) is 13.2. The lowest BCUT2D eigenvalue weighted by Crippen LogP contribution is -2.68. The molecule has 3 fully saturated rings. The predicted molar refractivity (Wildman–Crippen MR) is 135 cm³/mol. The summed E-state index contributed by atoms with van der Waals surface area (Å²) in [7, 11) is 1.67. The van der Waals surface area contributed by atoms with E-state index in [4.69, 9.17) is 4.74 Å². The summed E-state index contributed by atoms with van der Waals surface area (Å²) in [4.78, 5) is 14.3. The first kappa shape index (κ1) is 26.2. The molecule has 0 amide bonds. The summed E-state index contributed by atoms with van der Waals surface area (Å²) in [5, 5.41) is 7.86. The minimum Gasteiger partial charge on any atom is -0.383 e. The highest BCUT2D eigenvalue weighted by atomic mass is 19.4. The van der Waals surface area contributed by atoms with Crippen molar-refractivity contribution in [2.24, 2.45) is 0 Å². The molecule has 2 aromatic heterocycles. The number of piperazine rings is 1. The molecule has 2 aromatic rings. The second-order valence-electron chi connectivity index (χ2n) is 10.3. The van der Waals surface area contributed by atoms with Gasteiger partial charge in [0.15, 0.2) is 0 Å². The summed E-state index contributed by atoms with van der Waals surface area (Å²) in [5.74, 6) is -0.0346. The molecule has 12 heteroatoms. The van der Waals surface area contributed by atoms with Crippen LogP contribution in [-0.4, -0.2) is 96.3 Å². The van der Waals surface area contributed by atoms with Crippen LogP contribution in [-0.2, 0) is 17.5 Å². The molecule has 5 heterocycles. The molecule has 9 nitrogen and oxygen atoms in total. The Hall–Kier alpha value is -2.44.